The summed E-state index contributed by atoms with van der Waals surface area (Å²) in [6, 6.07) is 7.66. The van der Waals surface area contributed by atoms with Crippen molar-refractivity contribution in [2.45, 2.75) is 13.0 Å². The molecule has 0 saturated carbocycles. The van der Waals surface area contributed by atoms with Gasteiger partial charge in [0, 0.05) is 32.4 Å². The van der Waals surface area contributed by atoms with E-state index >= 15 is 0 Å². The fourth-order valence-electron chi connectivity index (χ4n) is 2.34. The van der Waals surface area contributed by atoms with Crippen molar-refractivity contribution in [2.75, 3.05) is 5.73 Å². The number of anilines is 1. The van der Waals surface area contributed by atoms with Crippen LogP contribution in [0.4, 0.5) is 5.95 Å². The Morgan fingerprint density at radius 1 is 1.40 bits per heavy atom. The van der Waals surface area contributed by atoms with E-state index < -0.39 is 0 Å². The Labute approximate surface area is 116 Å². The van der Waals surface area contributed by atoms with Crippen LogP contribution in [0.3, 0.4) is 0 Å². The first-order valence-corrected chi connectivity index (χ1v) is 6.31. The number of nitriles is 1. The standard InChI is InChI=1S/C14H14N6/c1-19-8-6-17-12(19)5-7-20-11-4-2-3-10(9-15)13(11)18-14(20)16/h2-4,6,8H,5,7H2,1H3,(H2,16,18). The van der Waals surface area contributed by atoms with Crippen LogP contribution in [-0.2, 0) is 20.0 Å². The van der Waals surface area contributed by atoms with Gasteiger partial charge in [0.15, 0.2) is 0 Å². The number of fused-ring (bicyclic) bond motifs is 1. The average molecular weight is 266 g/mol. The number of hydrogen-bond donors (Lipinski definition) is 1. The predicted molar refractivity (Wildman–Crippen MR) is 75.8 cm³/mol. The van der Waals surface area contributed by atoms with Gasteiger partial charge < -0.3 is 14.9 Å². The smallest absolute Gasteiger partial charge is 0.201 e. The number of aryl methyl sites for hydroxylation is 3. The molecule has 0 unspecified atom stereocenters. The molecular formula is C14H14N6. The summed E-state index contributed by atoms with van der Waals surface area (Å²) >= 11 is 0. The Balaban J connectivity index is 1.98. The fraction of sp³-hybridized carbons (Fsp3) is 0.214. The Morgan fingerprint density at radius 2 is 2.25 bits per heavy atom. The largest absolute Gasteiger partial charge is 0.369 e. The molecule has 2 heterocycles. The molecule has 2 N–H and O–H groups in total. The number of rotatable bonds is 3. The Bertz CT molecular complexity index is 805. The third kappa shape index (κ3) is 1.89. The van der Waals surface area contributed by atoms with Gasteiger partial charge in [-0.25, -0.2) is 9.97 Å². The second-order valence-electron chi connectivity index (χ2n) is 4.61. The van der Waals surface area contributed by atoms with E-state index in [0.29, 0.717) is 23.6 Å². The first kappa shape index (κ1) is 12.2. The molecule has 3 aromatic rings. The van der Waals surface area contributed by atoms with Gasteiger partial charge in [0.25, 0.3) is 0 Å². The lowest BCUT2D eigenvalue weighted by molar-refractivity contribution is 0.670. The molecule has 0 aliphatic heterocycles. The molecule has 20 heavy (non-hydrogen) atoms. The maximum Gasteiger partial charge on any atom is 0.201 e. The quantitative estimate of drug-likeness (QED) is 0.777. The number of para-hydroxylation sites is 1. The molecule has 0 atom stereocenters. The molecule has 0 amide bonds. The van der Waals surface area contributed by atoms with Gasteiger partial charge >= 0.3 is 0 Å². The summed E-state index contributed by atoms with van der Waals surface area (Å²) in [5.74, 6) is 1.42. The van der Waals surface area contributed by atoms with Crippen molar-refractivity contribution in [2.24, 2.45) is 7.05 Å². The molecule has 6 nitrogen and oxygen atoms in total. The van der Waals surface area contributed by atoms with Crippen LogP contribution < -0.4 is 5.73 Å². The Kier molecular flexibility index (Phi) is 2.88. The molecule has 6 heteroatoms. The van der Waals surface area contributed by atoms with Crippen LogP contribution in [0.2, 0.25) is 0 Å². The summed E-state index contributed by atoms with van der Waals surface area (Å²) < 4.78 is 3.90. The second-order valence-corrected chi connectivity index (χ2v) is 4.61. The minimum absolute atomic E-state index is 0.428. The van der Waals surface area contributed by atoms with Crippen LogP contribution in [-0.4, -0.2) is 19.1 Å². The third-order valence-corrected chi connectivity index (χ3v) is 3.41. The summed E-state index contributed by atoms with van der Waals surface area (Å²) in [7, 11) is 1.96. The summed E-state index contributed by atoms with van der Waals surface area (Å²) in [5, 5.41) is 9.10. The van der Waals surface area contributed by atoms with E-state index in [1.165, 1.54) is 0 Å². The first-order chi connectivity index (χ1) is 9.70. The van der Waals surface area contributed by atoms with Gasteiger partial charge in [0.1, 0.15) is 17.4 Å². The van der Waals surface area contributed by atoms with Crippen LogP contribution in [0.25, 0.3) is 11.0 Å². The highest BCUT2D eigenvalue weighted by Gasteiger charge is 2.11. The van der Waals surface area contributed by atoms with Crippen LogP contribution in [0.15, 0.2) is 30.6 Å². The normalized spacial score (nSPS) is 10.8. The van der Waals surface area contributed by atoms with Crippen molar-refractivity contribution in [1.82, 2.24) is 19.1 Å². The number of nitrogens with zero attached hydrogens (tertiary/aromatic N) is 5. The van der Waals surface area contributed by atoms with E-state index in [4.69, 9.17) is 11.0 Å². The highest BCUT2D eigenvalue weighted by Crippen LogP contribution is 2.21. The summed E-state index contributed by atoms with van der Waals surface area (Å²) in [6.45, 7) is 0.683. The SMILES string of the molecule is Cn1ccnc1CCn1c(N)nc2c(C#N)cccc21. The van der Waals surface area contributed by atoms with Gasteiger partial charge in [0.05, 0.1) is 11.1 Å². The van der Waals surface area contributed by atoms with E-state index in [9.17, 15) is 0 Å². The van der Waals surface area contributed by atoms with Gasteiger partial charge in [-0.05, 0) is 12.1 Å². The molecular weight excluding hydrogens is 252 g/mol. The second kappa shape index (κ2) is 4.70. The number of aromatic nitrogens is 4. The Morgan fingerprint density at radius 3 is 2.95 bits per heavy atom. The highest BCUT2D eigenvalue weighted by atomic mass is 15.2. The summed E-state index contributed by atoms with van der Waals surface area (Å²) in [4.78, 5) is 8.59. The molecule has 0 saturated heterocycles. The van der Waals surface area contributed by atoms with Crippen LogP contribution in [0, 0.1) is 11.3 Å². The minimum Gasteiger partial charge on any atom is -0.369 e. The van der Waals surface area contributed by atoms with Crippen LogP contribution >= 0.6 is 0 Å². The van der Waals surface area contributed by atoms with E-state index in [1.807, 2.05) is 34.5 Å². The number of nitrogen functional groups attached to an aromatic ring is 1. The lowest BCUT2D eigenvalue weighted by atomic mass is 10.2. The zero-order valence-corrected chi connectivity index (χ0v) is 11.1. The number of nitrogens with two attached hydrogens (primary N) is 1. The molecule has 0 spiro atoms. The van der Waals surface area contributed by atoms with Crippen molar-refractivity contribution < 1.29 is 0 Å². The zero-order valence-electron chi connectivity index (χ0n) is 11.1. The molecule has 0 radical (unpaired) electrons. The topological polar surface area (TPSA) is 85.4 Å². The van der Waals surface area contributed by atoms with Gasteiger partial charge in [-0.1, -0.05) is 6.07 Å². The van der Waals surface area contributed by atoms with Crippen molar-refractivity contribution in [3.63, 3.8) is 0 Å². The summed E-state index contributed by atoms with van der Waals surface area (Å²) in [5.41, 5.74) is 8.06. The number of hydrogen-bond acceptors (Lipinski definition) is 4. The maximum atomic E-state index is 9.10. The molecule has 0 aliphatic carbocycles. The summed E-state index contributed by atoms with van der Waals surface area (Å²) in [6.07, 6.45) is 4.45. The molecule has 100 valence electrons. The van der Waals surface area contributed by atoms with Crippen molar-refractivity contribution >= 4 is 17.0 Å². The number of benzene rings is 1. The molecule has 2 aromatic heterocycles. The monoisotopic (exact) mass is 266 g/mol. The van der Waals surface area contributed by atoms with Crippen LogP contribution in [0.1, 0.15) is 11.4 Å². The average Bonchev–Trinajstić information content (AvgIpc) is 2.99. The van der Waals surface area contributed by atoms with Gasteiger partial charge in [-0.3, -0.25) is 0 Å². The van der Waals surface area contributed by atoms with E-state index in [0.717, 1.165) is 17.8 Å². The van der Waals surface area contributed by atoms with Crippen LogP contribution in [0.5, 0.6) is 0 Å². The highest BCUT2D eigenvalue weighted by molar-refractivity contribution is 5.83. The molecule has 0 aliphatic rings. The fourth-order valence-corrected chi connectivity index (χ4v) is 2.34. The molecule has 0 fully saturated rings. The van der Waals surface area contributed by atoms with Crippen molar-refractivity contribution in [3.05, 3.63) is 42.0 Å². The predicted octanol–water partition coefficient (Wildman–Crippen LogP) is 1.47. The lowest BCUT2D eigenvalue weighted by Gasteiger charge is -2.06. The molecule has 0 bridgehead atoms. The van der Waals surface area contributed by atoms with Gasteiger partial charge in [0.2, 0.25) is 5.95 Å². The Hall–Kier alpha value is -2.81. The lowest BCUT2D eigenvalue weighted by Crippen LogP contribution is -2.08. The van der Waals surface area contributed by atoms with Crippen molar-refractivity contribution in [1.29, 1.82) is 5.26 Å². The zero-order chi connectivity index (χ0) is 14.1. The molecule has 3 rings (SSSR count). The third-order valence-electron chi connectivity index (χ3n) is 3.41. The van der Waals surface area contributed by atoms with Gasteiger partial charge in [-0.2, -0.15) is 5.26 Å². The maximum absolute atomic E-state index is 9.10. The van der Waals surface area contributed by atoms with E-state index in [-0.39, 0.29) is 0 Å². The van der Waals surface area contributed by atoms with E-state index in [2.05, 4.69) is 16.0 Å². The minimum atomic E-state index is 0.428. The molecule has 1 aromatic carbocycles. The van der Waals surface area contributed by atoms with Crippen molar-refractivity contribution in [3.8, 4) is 6.07 Å². The first-order valence-electron chi connectivity index (χ1n) is 6.31. The van der Waals surface area contributed by atoms with E-state index in [1.54, 1.807) is 12.3 Å². The number of imidazole rings is 2. The van der Waals surface area contributed by atoms with Gasteiger partial charge in [-0.15, -0.1) is 0 Å².